The van der Waals surface area contributed by atoms with Gasteiger partial charge in [0.25, 0.3) is 0 Å². The second kappa shape index (κ2) is 8.84. The van der Waals surface area contributed by atoms with Gasteiger partial charge >= 0.3 is 0 Å². The number of aromatic nitrogens is 4. The first-order valence-electron chi connectivity index (χ1n) is 10.6. The molecule has 166 valence electrons. The van der Waals surface area contributed by atoms with Crippen LogP contribution in [0.3, 0.4) is 0 Å². The second-order valence-electron chi connectivity index (χ2n) is 7.78. The molecule has 3 N–H and O–H groups in total. The number of benzene rings is 2. The number of primary amides is 1. The van der Waals surface area contributed by atoms with E-state index in [1.54, 1.807) is 35.1 Å². The van der Waals surface area contributed by atoms with Crippen LogP contribution in [0.1, 0.15) is 16.1 Å². The molecular weight excluding hydrogens is 444 g/mol. The molecule has 5 aromatic rings. The Morgan fingerprint density at radius 3 is 2.62 bits per heavy atom. The number of aryl methyl sites for hydroxylation is 1. The van der Waals surface area contributed by atoms with E-state index in [4.69, 9.17) is 23.1 Å². The van der Waals surface area contributed by atoms with Crippen molar-refractivity contribution in [2.45, 2.75) is 6.92 Å². The number of hydrogen-bond donors (Lipinski definition) is 2. The lowest BCUT2D eigenvalue weighted by Gasteiger charge is -2.08. The molecule has 0 fully saturated rings. The third-order valence-electron chi connectivity index (χ3n) is 5.39. The van der Waals surface area contributed by atoms with Gasteiger partial charge in [-0.1, -0.05) is 18.2 Å². The van der Waals surface area contributed by atoms with E-state index >= 15 is 0 Å². The van der Waals surface area contributed by atoms with E-state index in [2.05, 4.69) is 21.4 Å². The highest BCUT2D eigenvalue weighted by Crippen LogP contribution is 2.32. The maximum atomic E-state index is 11.3. The van der Waals surface area contributed by atoms with Crippen LogP contribution in [-0.4, -0.2) is 30.8 Å². The quantitative estimate of drug-likeness (QED) is 0.370. The first-order chi connectivity index (χ1) is 16.5. The zero-order valence-electron chi connectivity index (χ0n) is 18.3. The molecule has 0 saturated carbocycles. The van der Waals surface area contributed by atoms with Gasteiger partial charge in [-0.15, -0.1) is 0 Å². The van der Waals surface area contributed by atoms with E-state index < -0.39 is 5.91 Å². The van der Waals surface area contributed by atoms with Gasteiger partial charge in [0.05, 0.1) is 11.2 Å². The molecule has 0 radical (unpaired) electrons. The summed E-state index contributed by atoms with van der Waals surface area (Å²) in [5, 5.41) is 9.36. The Labute approximate surface area is 201 Å². The van der Waals surface area contributed by atoms with Gasteiger partial charge in [-0.3, -0.25) is 14.8 Å². The Hall–Kier alpha value is -4.43. The van der Waals surface area contributed by atoms with Crippen molar-refractivity contribution < 1.29 is 4.79 Å². The summed E-state index contributed by atoms with van der Waals surface area (Å²) in [5.74, 6) is -0.480. The van der Waals surface area contributed by atoms with Crippen molar-refractivity contribution in [3.8, 4) is 22.5 Å². The summed E-state index contributed by atoms with van der Waals surface area (Å²) in [6.45, 7) is 1.95. The largest absolute Gasteiger partial charge is 0.366 e. The summed E-state index contributed by atoms with van der Waals surface area (Å²) in [6.07, 6.45) is 3.67. The smallest absolute Gasteiger partial charge is 0.248 e. The minimum absolute atomic E-state index is 0.384. The van der Waals surface area contributed by atoms with E-state index in [1.165, 1.54) is 0 Å². The minimum Gasteiger partial charge on any atom is -0.366 e. The lowest BCUT2D eigenvalue weighted by atomic mass is 10.0. The van der Waals surface area contributed by atoms with Gasteiger partial charge < -0.3 is 11.1 Å². The Morgan fingerprint density at radius 1 is 1.03 bits per heavy atom. The van der Waals surface area contributed by atoms with Crippen molar-refractivity contribution in [2.24, 2.45) is 5.73 Å². The number of rotatable bonds is 4. The molecule has 2 aromatic carbocycles. The van der Waals surface area contributed by atoms with Gasteiger partial charge in [0.1, 0.15) is 5.69 Å². The molecule has 8 heteroatoms. The second-order valence-corrected chi connectivity index (χ2v) is 8.17. The highest BCUT2D eigenvalue weighted by atomic mass is 32.1. The molecule has 0 aliphatic rings. The predicted octanol–water partition coefficient (Wildman–Crippen LogP) is 4.81. The molecule has 0 aliphatic carbocycles. The molecule has 0 aliphatic heterocycles. The third kappa shape index (κ3) is 4.26. The zero-order chi connectivity index (χ0) is 23.7. The molecule has 0 spiro atoms. The van der Waals surface area contributed by atoms with Crippen molar-refractivity contribution in [1.29, 1.82) is 0 Å². The standard InChI is InChI=1S/C26H20N6OS/c1-16-4-2-6-23(29-16)24-21(18-9-12-22-19(14-18)5-3-13-28-22)15-32(31-24)26(34)30-20-10-7-17(8-11-20)25(27)33/h2-15H,1H3,(H2,27,33)(H,30,34). The fourth-order valence-corrected chi connectivity index (χ4v) is 3.91. The summed E-state index contributed by atoms with van der Waals surface area (Å²) in [7, 11) is 0. The van der Waals surface area contributed by atoms with Gasteiger partial charge in [-0.25, -0.2) is 4.68 Å². The van der Waals surface area contributed by atoms with Crippen LogP contribution in [0.15, 0.2) is 85.2 Å². The summed E-state index contributed by atoms with van der Waals surface area (Å²) >= 11 is 5.63. The van der Waals surface area contributed by atoms with Crippen molar-refractivity contribution >= 4 is 39.8 Å². The number of fused-ring (bicyclic) bond motifs is 1. The molecule has 0 bridgehead atoms. The molecule has 3 aromatic heterocycles. The average molecular weight is 465 g/mol. The Bertz CT molecular complexity index is 1540. The molecule has 34 heavy (non-hydrogen) atoms. The highest BCUT2D eigenvalue weighted by Gasteiger charge is 2.17. The van der Waals surface area contributed by atoms with Crippen molar-refractivity contribution in [1.82, 2.24) is 19.7 Å². The van der Waals surface area contributed by atoms with Gasteiger partial charge in [-0.2, -0.15) is 5.10 Å². The van der Waals surface area contributed by atoms with E-state index in [-0.39, 0.29) is 0 Å². The fourth-order valence-electron chi connectivity index (χ4n) is 3.70. The van der Waals surface area contributed by atoms with E-state index in [0.717, 1.165) is 44.8 Å². The highest BCUT2D eigenvalue weighted by molar-refractivity contribution is 7.80. The Kier molecular flexibility index (Phi) is 5.57. The van der Waals surface area contributed by atoms with Gasteiger partial charge in [0, 0.05) is 40.3 Å². The van der Waals surface area contributed by atoms with Crippen molar-refractivity contribution in [3.05, 3.63) is 96.4 Å². The monoisotopic (exact) mass is 464 g/mol. The lowest BCUT2D eigenvalue weighted by molar-refractivity contribution is 0.100. The molecule has 1 amide bonds. The maximum absolute atomic E-state index is 11.3. The molecule has 0 saturated heterocycles. The van der Waals surface area contributed by atoms with E-state index in [0.29, 0.717) is 10.7 Å². The number of carbonyl (C=O) groups excluding carboxylic acids is 1. The molecule has 7 nitrogen and oxygen atoms in total. The maximum Gasteiger partial charge on any atom is 0.248 e. The van der Waals surface area contributed by atoms with E-state index in [1.807, 2.05) is 55.6 Å². The Morgan fingerprint density at radius 2 is 1.85 bits per heavy atom. The fraction of sp³-hybridized carbons (Fsp3) is 0.0385. The molecule has 5 rings (SSSR count). The minimum atomic E-state index is -0.480. The number of nitrogens with one attached hydrogen (secondary N) is 1. The molecular formula is C26H20N6OS. The number of nitrogens with two attached hydrogens (primary N) is 1. The number of carbonyl (C=O) groups is 1. The zero-order valence-corrected chi connectivity index (χ0v) is 19.1. The number of pyridine rings is 2. The number of amides is 1. The summed E-state index contributed by atoms with van der Waals surface area (Å²) in [6, 6.07) is 22.7. The Balaban J connectivity index is 1.55. The van der Waals surface area contributed by atoms with Crippen LogP contribution in [0.2, 0.25) is 0 Å². The van der Waals surface area contributed by atoms with Crippen molar-refractivity contribution in [2.75, 3.05) is 5.32 Å². The van der Waals surface area contributed by atoms with Gasteiger partial charge in [0.15, 0.2) is 5.11 Å². The lowest BCUT2D eigenvalue weighted by Crippen LogP contribution is -2.19. The molecule has 3 heterocycles. The van der Waals surface area contributed by atoms with Crippen LogP contribution >= 0.6 is 12.2 Å². The van der Waals surface area contributed by atoms with Crippen LogP contribution in [0, 0.1) is 6.92 Å². The first-order valence-corrected chi connectivity index (χ1v) is 11.0. The molecule has 0 unspecified atom stereocenters. The van der Waals surface area contributed by atoms with Gasteiger partial charge in [0.2, 0.25) is 5.91 Å². The summed E-state index contributed by atoms with van der Waals surface area (Å²) < 4.78 is 1.62. The van der Waals surface area contributed by atoms with Crippen LogP contribution in [-0.2, 0) is 0 Å². The SMILES string of the molecule is Cc1cccc(-c2nn(C(=S)Nc3ccc(C(N)=O)cc3)cc2-c2ccc3ncccc3c2)n1. The predicted molar refractivity (Wildman–Crippen MR) is 138 cm³/mol. The number of hydrogen-bond acceptors (Lipinski definition) is 5. The normalized spacial score (nSPS) is 10.9. The number of nitrogens with zero attached hydrogens (tertiary/aromatic N) is 4. The molecule has 0 atom stereocenters. The van der Waals surface area contributed by atoms with Crippen LogP contribution in [0.5, 0.6) is 0 Å². The van der Waals surface area contributed by atoms with E-state index in [9.17, 15) is 4.79 Å². The summed E-state index contributed by atoms with van der Waals surface area (Å²) in [4.78, 5) is 20.4. The van der Waals surface area contributed by atoms with Crippen molar-refractivity contribution in [3.63, 3.8) is 0 Å². The first kappa shape index (κ1) is 21.4. The van der Waals surface area contributed by atoms with Crippen LogP contribution in [0.4, 0.5) is 5.69 Å². The van der Waals surface area contributed by atoms with Gasteiger partial charge in [-0.05, 0) is 79.3 Å². The van der Waals surface area contributed by atoms with Crippen LogP contribution in [0.25, 0.3) is 33.4 Å². The van der Waals surface area contributed by atoms with Crippen LogP contribution < -0.4 is 11.1 Å². The number of thiocarbonyl (C=S) groups is 1. The third-order valence-corrected chi connectivity index (χ3v) is 5.68. The summed E-state index contributed by atoms with van der Waals surface area (Å²) in [5.41, 5.74) is 11.7. The average Bonchev–Trinajstić information content (AvgIpc) is 3.30. The number of anilines is 1. The topological polar surface area (TPSA) is 98.7 Å².